The first kappa shape index (κ1) is 17.5. The van der Waals surface area contributed by atoms with E-state index in [1.54, 1.807) is 17.2 Å². The summed E-state index contributed by atoms with van der Waals surface area (Å²) < 4.78 is 5.03. The molecule has 1 aliphatic heterocycles. The molecule has 1 aromatic rings. The van der Waals surface area contributed by atoms with Crippen molar-refractivity contribution >= 4 is 17.7 Å². The van der Waals surface area contributed by atoms with Gasteiger partial charge in [-0.1, -0.05) is 12.8 Å². The maximum atomic E-state index is 12.2. The van der Waals surface area contributed by atoms with Gasteiger partial charge in [0.1, 0.15) is 5.69 Å². The number of pyridine rings is 1. The van der Waals surface area contributed by atoms with Crippen molar-refractivity contribution in [2.45, 2.75) is 38.6 Å². The second kappa shape index (κ2) is 8.18. The van der Waals surface area contributed by atoms with Crippen LogP contribution in [-0.2, 0) is 4.74 Å². The SMILES string of the molecule is CCOC(=O)N1CCN(c2ccc(C(=O)NC3CCCC3)nc2)CC1. The molecule has 0 atom stereocenters. The van der Waals surface area contributed by atoms with Crippen LogP contribution >= 0.6 is 0 Å². The van der Waals surface area contributed by atoms with Gasteiger partial charge in [0.05, 0.1) is 18.5 Å². The van der Waals surface area contributed by atoms with Crippen LogP contribution < -0.4 is 10.2 Å². The van der Waals surface area contributed by atoms with Crippen LogP contribution in [0.1, 0.15) is 43.1 Å². The van der Waals surface area contributed by atoms with Crippen LogP contribution in [0, 0.1) is 0 Å². The van der Waals surface area contributed by atoms with Gasteiger partial charge in [0.2, 0.25) is 0 Å². The van der Waals surface area contributed by atoms with Crippen LogP contribution in [-0.4, -0.2) is 60.7 Å². The third kappa shape index (κ3) is 4.41. The van der Waals surface area contributed by atoms with Gasteiger partial charge >= 0.3 is 6.09 Å². The van der Waals surface area contributed by atoms with E-state index in [-0.39, 0.29) is 12.0 Å². The summed E-state index contributed by atoms with van der Waals surface area (Å²) in [6.07, 6.45) is 6.00. The lowest BCUT2D eigenvalue weighted by Gasteiger charge is -2.35. The van der Waals surface area contributed by atoms with Crippen LogP contribution in [0.4, 0.5) is 10.5 Å². The van der Waals surface area contributed by atoms with E-state index in [1.807, 2.05) is 13.0 Å². The Hall–Kier alpha value is -2.31. The molecule has 0 unspecified atom stereocenters. The Balaban J connectivity index is 1.52. The third-order valence-corrected chi connectivity index (χ3v) is 4.84. The lowest BCUT2D eigenvalue weighted by molar-refractivity contribution is 0.0932. The average molecular weight is 346 g/mol. The quantitative estimate of drug-likeness (QED) is 0.903. The van der Waals surface area contributed by atoms with Crippen molar-refractivity contribution in [1.29, 1.82) is 0 Å². The number of piperazine rings is 1. The molecule has 7 heteroatoms. The summed E-state index contributed by atoms with van der Waals surface area (Å²) in [5, 5.41) is 3.05. The molecule has 2 aliphatic rings. The number of carbonyl (C=O) groups excluding carboxylic acids is 2. The highest BCUT2D eigenvalue weighted by atomic mass is 16.6. The van der Waals surface area contributed by atoms with Crippen molar-refractivity contribution in [1.82, 2.24) is 15.2 Å². The Morgan fingerprint density at radius 3 is 2.52 bits per heavy atom. The zero-order valence-corrected chi connectivity index (χ0v) is 14.7. The maximum absolute atomic E-state index is 12.2. The molecular weight excluding hydrogens is 320 g/mol. The predicted octanol–water partition coefficient (Wildman–Crippen LogP) is 2.03. The van der Waals surface area contributed by atoms with E-state index in [1.165, 1.54) is 12.8 Å². The van der Waals surface area contributed by atoms with Gasteiger partial charge in [-0.3, -0.25) is 4.79 Å². The number of nitrogens with one attached hydrogen (secondary N) is 1. The Morgan fingerprint density at radius 2 is 1.92 bits per heavy atom. The monoisotopic (exact) mass is 346 g/mol. The standard InChI is InChI=1S/C18H26N4O3/c1-2-25-18(24)22-11-9-21(10-12-22)15-7-8-16(19-13-15)17(23)20-14-5-3-4-6-14/h7-8,13-14H,2-6,9-12H2,1H3,(H,20,23). The molecule has 1 aromatic heterocycles. The van der Waals surface area contributed by atoms with E-state index in [9.17, 15) is 9.59 Å². The maximum Gasteiger partial charge on any atom is 0.409 e. The lowest BCUT2D eigenvalue weighted by Crippen LogP contribution is -2.49. The highest BCUT2D eigenvalue weighted by Crippen LogP contribution is 2.19. The van der Waals surface area contributed by atoms with Crippen LogP contribution in [0.3, 0.4) is 0 Å². The second-order valence-electron chi connectivity index (χ2n) is 6.53. The Kier molecular flexibility index (Phi) is 5.73. The van der Waals surface area contributed by atoms with Gasteiger partial charge in [0, 0.05) is 32.2 Å². The molecule has 25 heavy (non-hydrogen) atoms. The number of ether oxygens (including phenoxy) is 1. The van der Waals surface area contributed by atoms with E-state index in [0.717, 1.165) is 31.6 Å². The van der Waals surface area contributed by atoms with Gasteiger partial charge in [-0.25, -0.2) is 9.78 Å². The Labute approximate surface area is 148 Å². The van der Waals surface area contributed by atoms with Gasteiger partial charge < -0.3 is 19.9 Å². The topological polar surface area (TPSA) is 74.8 Å². The van der Waals surface area contributed by atoms with Crippen molar-refractivity contribution in [3.8, 4) is 0 Å². The summed E-state index contributed by atoms with van der Waals surface area (Å²) >= 11 is 0. The molecule has 1 N–H and O–H groups in total. The number of hydrogen-bond acceptors (Lipinski definition) is 5. The van der Waals surface area contributed by atoms with Crippen LogP contribution in [0.2, 0.25) is 0 Å². The summed E-state index contributed by atoms with van der Waals surface area (Å²) in [6.45, 7) is 4.92. The third-order valence-electron chi connectivity index (χ3n) is 4.84. The van der Waals surface area contributed by atoms with Crippen molar-refractivity contribution < 1.29 is 14.3 Å². The fourth-order valence-electron chi connectivity index (χ4n) is 3.40. The fourth-order valence-corrected chi connectivity index (χ4v) is 3.40. The van der Waals surface area contributed by atoms with Crippen molar-refractivity contribution in [2.75, 3.05) is 37.7 Å². The van der Waals surface area contributed by atoms with Crippen molar-refractivity contribution in [2.24, 2.45) is 0 Å². The lowest BCUT2D eigenvalue weighted by atomic mass is 10.2. The van der Waals surface area contributed by atoms with Gasteiger partial charge in [0.15, 0.2) is 0 Å². The Morgan fingerprint density at radius 1 is 1.20 bits per heavy atom. The van der Waals surface area contributed by atoms with Gasteiger partial charge in [-0.05, 0) is 31.9 Å². The van der Waals surface area contributed by atoms with Gasteiger partial charge in [-0.2, -0.15) is 0 Å². The number of aromatic nitrogens is 1. The summed E-state index contributed by atoms with van der Waals surface area (Å²) in [6, 6.07) is 4.00. The summed E-state index contributed by atoms with van der Waals surface area (Å²) in [4.78, 5) is 32.2. The number of carbonyl (C=O) groups is 2. The first-order valence-electron chi connectivity index (χ1n) is 9.11. The zero-order chi connectivity index (χ0) is 17.6. The van der Waals surface area contributed by atoms with E-state index < -0.39 is 0 Å². The molecule has 0 spiro atoms. The summed E-state index contributed by atoms with van der Waals surface area (Å²) in [7, 11) is 0. The number of rotatable bonds is 4. The van der Waals surface area contributed by atoms with E-state index in [2.05, 4.69) is 15.2 Å². The van der Waals surface area contributed by atoms with Crippen LogP contribution in [0.5, 0.6) is 0 Å². The molecule has 1 aliphatic carbocycles. The van der Waals surface area contributed by atoms with E-state index in [4.69, 9.17) is 4.74 Å². The second-order valence-corrected chi connectivity index (χ2v) is 6.53. The molecule has 136 valence electrons. The summed E-state index contributed by atoms with van der Waals surface area (Å²) in [5.41, 5.74) is 1.43. The van der Waals surface area contributed by atoms with Crippen molar-refractivity contribution in [3.63, 3.8) is 0 Å². The minimum Gasteiger partial charge on any atom is -0.450 e. The number of anilines is 1. The highest BCUT2D eigenvalue weighted by molar-refractivity contribution is 5.92. The molecule has 7 nitrogen and oxygen atoms in total. The first-order valence-corrected chi connectivity index (χ1v) is 9.11. The number of amides is 2. The molecule has 1 saturated carbocycles. The molecule has 0 radical (unpaired) electrons. The highest BCUT2D eigenvalue weighted by Gasteiger charge is 2.23. The van der Waals surface area contributed by atoms with E-state index >= 15 is 0 Å². The average Bonchev–Trinajstić information content (AvgIpc) is 3.15. The van der Waals surface area contributed by atoms with Crippen LogP contribution in [0.25, 0.3) is 0 Å². The minimum atomic E-state index is -0.251. The molecule has 2 fully saturated rings. The molecular formula is C18H26N4O3. The first-order chi connectivity index (χ1) is 12.2. The molecule has 2 heterocycles. The zero-order valence-electron chi connectivity index (χ0n) is 14.7. The molecule has 0 aromatic carbocycles. The Bertz CT molecular complexity index is 591. The largest absolute Gasteiger partial charge is 0.450 e. The van der Waals surface area contributed by atoms with Gasteiger partial charge in [0.25, 0.3) is 5.91 Å². The normalized spacial score (nSPS) is 18.3. The number of hydrogen-bond donors (Lipinski definition) is 1. The van der Waals surface area contributed by atoms with Gasteiger partial charge in [-0.15, -0.1) is 0 Å². The minimum absolute atomic E-state index is 0.0921. The fraction of sp³-hybridized carbons (Fsp3) is 0.611. The van der Waals surface area contributed by atoms with E-state index in [0.29, 0.717) is 31.4 Å². The molecule has 3 rings (SSSR count). The molecule has 2 amide bonds. The molecule has 1 saturated heterocycles. The summed E-state index contributed by atoms with van der Waals surface area (Å²) in [5.74, 6) is -0.0921. The van der Waals surface area contributed by atoms with Crippen LogP contribution in [0.15, 0.2) is 18.3 Å². The molecule has 0 bridgehead atoms. The van der Waals surface area contributed by atoms with Crippen molar-refractivity contribution in [3.05, 3.63) is 24.0 Å². The number of nitrogens with zero attached hydrogens (tertiary/aromatic N) is 3. The predicted molar refractivity (Wildman–Crippen MR) is 94.8 cm³/mol. The smallest absolute Gasteiger partial charge is 0.409 e.